The molecule has 2 rings (SSSR count). The molecule has 1 amide bonds. The number of carbonyl (C=O) groups excluding carboxylic acids is 1. The molecule has 122 valence electrons. The summed E-state index contributed by atoms with van der Waals surface area (Å²) in [6, 6.07) is 0.0744. The standard InChI is InChI=1S/C13H24N4O3.HI/c1-13(2,3)20-12(18)17-8-10(9-17)15-11(14)16-4-6-19-7-5-16;/h10H,4-9H2,1-3H3,(H2,14,15);1H. The number of likely N-dealkylation sites (tertiary alicyclic amines) is 1. The third kappa shape index (κ3) is 5.50. The first-order chi connectivity index (χ1) is 9.35. The van der Waals surface area contributed by atoms with E-state index in [1.807, 2.05) is 25.7 Å². The van der Waals surface area contributed by atoms with Crippen molar-refractivity contribution in [3.63, 3.8) is 0 Å². The van der Waals surface area contributed by atoms with Gasteiger partial charge in [-0.1, -0.05) is 0 Å². The maximum atomic E-state index is 11.8. The van der Waals surface area contributed by atoms with Crippen molar-refractivity contribution in [1.29, 1.82) is 0 Å². The van der Waals surface area contributed by atoms with Gasteiger partial charge in [0.1, 0.15) is 5.60 Å². The van der Waals surface area contributed by atoms with Crippen LogP contribution in [0, 0.1) is 0 Å². The number of hydrogen-bond donors (Lipinski definition) is 1. The number of rotatable bonds is 1. The van der Waals surface area contributed by atoms with Gasteiger partial charge >= 0.3 is 6.09 Å². The predicted octanol–water partition coefficient (Wildman–Crippen LogP) is 0.871. The van der Waals surface area contributed by atoms with E-state index in [1.54, 1.807) is 4.90 Å². The van der Waals surface area contributed by atoms with Crippen LogP contribution in [0.4, 0.5) is 4.79 Å². The van der Waals surface area contributed by atoms with Crippen LogP contribution in [-0.4, -0.2) is 72.9 Å². The summed E-state index contributed by atoms with van der Waals surface area (Å²) in [6.45, 7) is 9.63. The lowest BCUT2D eigenvalue weighted by Gasteiger charge is -2.38. The van der Waals surface area contributed by atoms with Crippen molar-refractivity contribution in [2.24, 2.45) is 10.7 Å². The van der Waals surface area contributed by atoms with Crippen LogP contribution in [0.3, 0.4) is 0 Å². The largest absolute Gasteiger partial charge is 0.444 e. The molecular weight excluding hydrogens is 387 g/mol. The van der Waals surface area contributed by atoms with E-state index in [0.717, 1.165) is 13.1 Å². The number of carbonyl (C=O) groups is 1. The number of nitrogens with two attached hydrogens (primary N) is 1. The molecule has 2 aliphatic rings. The molecule has 0 radical (unpaired) electrons. The van der Waals surface area contributed by atoms with E-state index < -0.39 is 5.60 Å². The van der Waals surface area contributed by atoms with Crippen molar-refractivity contribution in [2.75, 3.05) is 39.4 Å². The fourth-order valence-corrected chi connectivity index (χ4v) is 2.07. The van der Waals surface area contributed by atoms with Crippen molar-refractivity contribution in [2.45, 2.75) is 32.4 Å². The van der Waals surface area contributed by atoms with Gasteiger partial charge in [-0.25, -0.2) is 9.79 Å². The maximum Gasteiger partial charge on any atom is 0.410 e. The highest BCUT2D eigenvalue weighted by molar-refractivity contribution is 14.0. The molecule has 2 saturated heterocycles. The Kier molecular flexibility index (Phi) is 6.51. The monoisotopic (exact) mass is 412 g/mol. The number of amides is 1. The zero-order valence-electron chi connectivity index (χ0n) is 12.9. The van der Waals surface area contributed by atoms with Crippen LogP contribution in [0.15, 0.2) is 4.99 Å². The zero-order chi connectivity index (χ0) is 14.8. The summed E-state index contributed by atoms with van der Waals surface area (Å²) in [7, 11) is 0. The van der Waals surface area contributed by atoms with Gasteiger partial charge < -0.3 is 25.0 Å². The first kappa shape index (κ1) is 18.3. The van der Waals surface area contributed by atoms with Crippen molar-refractivity contribution in [3.05, 3.63) is 0 Å². The van der Waals surface area contributed by atoms with E-state index in [-0.39, 0.29) is 36.1 Å². The molecular formula is C13H25IN4O3. The fraction of sp³-hybridized carbons (Fsp3) is 0.846. The summed E-state index contributed by atoms with van der Waals surface area (Å²) < 4.78 is 10.6. The molecule has 8 heteroatoms. The van der Waals surface area contributed by atoms with Crippen LogP contribution >= 0.6 is 24.0 Å². The van der Waals surface area contributed by atoms with Crippen LogP contribution in [0.2, 0.25) is 0 Å². The molecule has 2 aliphatic heterocycles. The topological polar surface area (TPSA) is 80.4 Å². The third-order valence-electron chi connectivity index (χ3n) is 3.16. The Hall–Kier alpha value is -0.770. The number of morpholine rings is 1. The highest BCUT2D eigenvalue weighted by atomic mass is 127. The number of hydrogen-bond acceptors (Lipinski definition) is 4. The number of halogens is 1. The van der Waals surface area contributed by atoms with Crippen molar-refractivity contribution in [3.8, 4) is 0 Å². The molecule has 0 aromatic rings. The Bertz CT molecular complexity index is 385. The highest BCUT2D eigenvalue weighted by Crippen LogP contribution is 2.17. The lowest BCUT2D eigenvalue weighted by atomic mass is 10.1. The van der Waals surface area contributed by atoms with Crippen molar-refractivity contribution < 1.29 is 14.3 Å². The van der Waals surface area contributed by atoms with Crippen molar-refractivity contribution >= 4 is 36.0 Å². The van der Waals surface area contributed by atoms with Crippen molar-refractivity contribution in [1.82, 2.24) is 9.80 Å². The Morgan fingerprint density at radius 3 is 2.33 bits per heavy atom. The van der Waals surface area contributed by atoms with Gasteiger partial charge in [0, 0.05) is 26.2 Å². The van der Waals surface area contributed by atoms with Gasteiger partial charge in [0.05, 0.1) is 19.3 Å². The van der Waals surface area contributed by atoms with Gasteiger partial charge in [-0.2, -0.15) is 0 Å². The molecule has 2 fully saturated rings. The molecule has 2 N–H and O–H groups in total. The summed E-state index contributed by atoms with van der Waals surface area (Å²) >= 11 is 0. The first-order valence-electron chi connectivity index (χ1n) is 6.99. The number of ether oxygens (including phenoxy) is 2. The van der Waals surface area contributed by atoms with Gasteiger partial charge in [0.2, 0.25) is 0 Å². The van der Waals surface area contributed by atoms with E-state index in [9.17, 15) is 4.79 Å². The molecule has 2 heterocycles. The average Bonchev–Trinajstić information content (AvgIpc) is 2.31. The number of guanidine groups is 1. The maximum absolute atomic E-state index is 11.8. The fourth-order valence-electron chi connectivity index (χ4n) is 2.07. The first-order valence-corrected chi connectivity index (χ1v) is 6.99. The number of nitrogens with zero attached hydrogens (tertiary/aromatic N) is 3. The highest BCUT2D eigenvalue weighted by Gasteiger charge is 2.34. The molecule has 0 aromatic carbocycles. The van der Waals surface area contributed by atoms with E-state index in [4.69, 9.17) is 15.2 Å². The SMILES string of the molecule is CC(C)(C)OC(=O)N1CC(N=C(N)N2CCOCC2)C1.I. The summed E-state index contributed by atoms with van der Waals surface area (Å²) in [5, 5.41) is 0. The minimum atomic E-state index is -0.460. The van der Waals surface area contributed by atoms with Gasteiger partial charge in [-0.3, -0.25) is 0 Å². The normalized spacial score (nSPS) is 20.6. The molecule has 0 atom stereocenters. The minimum Gasteiger partial charge on any atom is -0.444 e. The molecule has 0 aliphatic carbocycles. The molecule has 0 aromatic heterocycles. The second-order valence-electron chi connectivity index (χ2n) is 6.13. The Labute approximate surface area is 142 Å². The molecule has 0 bridgehead atoms. The second-order valence-corrected chi connectivity index (χ2v) is 6.13. The smallest absolute Gasteiger partial charge is 0.410 e. The van der Waals surface area contributed by atoms with Crippen LogP contribution < -0.4 is 5.73 Å². The van der Waals surface area contributed by atoms with E-state index in [1.165, 1.54) is 0 Å². The van der Waals surface area contributed by atoms with Crippen LogP contribution in [0.25, 0.3) is 0 Å². The molecule has 0 saturated carbocycles. The molecule has 0 unspecified atom stereocenters. The summed E-state index contributed by atoms with van der Waals surface area (Å²) in [5.74, 6) is 0.544. The van der Waals surface area contributed by atoms with Gasteiger partial charge in [0.15, 0.2) is 5.96 Å². The Balaban J connectivity index is 0.00000220. The van der Waals surface area contributed by atoms with Crippen LogP contribution in [0.5, 0.6) is 0 Å². The Morgan fingerprint density at radius 2 is 1.81 bits per heavy atom. The van der Waals surface area contributed by atoms with Gasteiger partial charge in [-0.05, 0) is 20.8 Å². The van der Waals surface area contributed by atoms with Crippen LogP contribution in [-0.2, 0) is 9.47 Å². The molecule has 0 spiro atoms. The van der Waals surface area contributed by atoms with E-state index in [0.29, 0.717) is 32.3 Å². The van der Waals surface area contributed by atoms with E-state index in [2.05, 4.69) is 4.99 Å². The minimum absolute atomic E-state index is 0. The second kappa shape index (κ2) is 7.48. The average molecular weight is 412 g/mol. The van der Waals surface area contributed by atoms with E-state index >= 15 is 0 Å². The molecule has 21 heavy (non-hydrogen) atoms. The summed E-state index contributed by atoms with van der Waals surface area (Å²) in [4.78, 5) is 19.9. The molecule has 7 nitrogen and oxygen atoms in total. The lowest BCUT2D eigenvalue weighted by Crippen LogP contribution is -2.55. The number of aliphatic imine (C=N–C) groups is 1. The lowest BCUT2D eigenvalue weighted by molar-refractivity contribution is 0.00883. The van der Waals surface area contributed by atoms with Gasteiger partial charge in [0.25, 0.3) is 0 Å². The Morgan fingerprint density at radius 1 is 1.24 bits per heavy atom. The zero-order valence-corrected chi connectivity index (χ0v) is 15.2. The quantitative estimate of drug-likeness (QED) is 0.393. The summed E-state index contributed by atoms with van der Waals surface area (Å²) in [5.41, 5.74) is 5.51. The van der Waals surface area contributed by atoms with Gasteiger partial charge in [-0.15, -0.1) is 24.0 Å². The van der Waals surface area contributed by atoms with Crippen LogP contribution in [0.1, 0.15) is 20.8 Å². The predicted molar refractivity (Wildman–Crippen MR) is 91.0 cm³/mol. The third-order valence-corrected chi connectivity index (χ3v) is 3.16. The summed E-state index contributed by atoms with van der Waals surface area (Å²) in [6.07, 6.45) is -0.283.